The first kappa shape index (κ1) is 24.4. The van der Waals surface area contributed by atoms with Crippen LogP contribution in [0.2, 0.25) is 0 Å². The van der Waals surface area contributed by atoms with Gasteiger partial charge < -0.3 is 10.6 Å². The molecule has 31 heavy (non-hydrogen) atoms. The molecule has 0 saturated carbocycles. The molecule has 7 nitrogen and oxygen atoms in total. The zero-order valence-electron chi connectivity index (χ0n) is 18.9. The minimum atomic E-state index is -3.74. The van der Waals surface area contributed by atoms with Crippen LogP contribution in [-0.2, 0) is 14.8 Å². The zero-order chi connectivity index (χ0) is 23.3. The van der Waals surface area contributed by atoms with E-state index in [-0.39, 0.29) is 11.9 Å². The number of benzene rings is 2. The summed E-state index contributed by atoms with van der Waals surface area (Å²) in [5.74, 6) is -0.834. The maximum absolute atomic E-state index is 13.0. The first-order valence-corrected chi connectivity index (χ1v) is 12.1. The molecular weight excluding hydrogens is 414 g/mol. The second-order valence-corrected chi connectivity index (χ2v) is 9.68. The van der Waals surface area contributed by atoms with E-state index in [2.05, 4.69) is 10.6 Å². The van der Waals surface area contributed by atoms with Crippen LogP contribution in [0.4, 0.5) is 11.4 Å². The van der Waals surface area contributed by atoms with Gasteiger partial charge in [-0.05, 0) is 69.5 Å². The molecule has 0 bridgehead atoms. The first-order chi connectivity index (χ1) is 14.5. The zero-order valence-corrected chi connectivity index (χ0v) is 19.7. The van der Waals surface area contributed by atoms with Gasteiger partial charge in [-0.1, -0.05) is 25.1 Å². The molecule has 0 aromatic heterocycles. The van der Waals surface area contributed by atoms with Crippen molar-refractivity contribution in [2.24, 2.45) is 0 Å². The van der Waals surface area contributed by atoms with Crippen molar-refractivity contribution in [2.75, 3.05) is 15.9 Å². The number of carbonyl (C=O) groups is 2. The Morgan fingerprint density at radius 1 is 1.03 bits per heavy atom. The maximum Gasteiger partial charge on any atom is 0.253 e. The van der Waals surface area contributed by atoms with Crippen LogP contribution in [-0.4, -0.2) is 38.6 Å². The number of sulfonamides is 1. The summed E-state index contributed by atoms with van der Waals surface area (Å²) in [6.07, 6.45) is 1.84. The number of aryl methyl sites for hydroxylation is 2. The lowest BCUT2D eigenvalue weighted by molar-refractivity contribution is -0.116. The summed E-state index contributed by atoms with van der Waals surface area (Å²) < 4.78 is 26.2. The Morgan fingerprint density at radius 3 is 2.26 bits per heavy atom. The number of amides is 2. The molecule has 2 amide bonds. The Bertz CT molecular complexity index is 1070. The van der Waals surface area contributed by atoms with Crippen LogP contribution in [0.3, 0.4) is 0 Å². The second-order valence-electron chi connectivity index (χ2n) is 7.82. The molecule has 0 aliphatic heterocycles. The number of nitrogens with zero attached hydrogens (tertiary/aromatic N) is 1. The van der Waals surface area contributed by atoms with Gasteiger partial charge in [-0.3, -0.25) is 13.9 Å². The summed E-state index contributed by atoms with van der Waals surface area (Å²) in [7, 11) is -3.74. The van der Waals surface area contributed by atoms with Gasteiger partial charge in [-0.2, -0.15) is 0 Å². The molecule has 2 N–H and O–H groups in total. The molecule has 0 spiro atoms. The highest BCUT2D eigenvalue weighted by Gasteiger charge is 2.30. The van der Waals surface area contributed by atoms with Crippen molar-refractivity contribution in [1.82, 2.24) is 5.32 Å². The summed E-state index contributed by atoms with van der Waals surface area (Å²) in [4.78, 5) is 25.6. The van der Waals surface area contributed by atoms with E-state index in [0.717, 1.165) is 28.1 Å². The van der Waals surface area contributed by atoms with E-state index in [1.54, 1.807) is 36.4 Å². The number of carbonyl (C=O) groups excluding carboxylic acids is 2. The smallest absolute Gasteiger partial charge is 0.253 e. The van der Waals surface area contributed by atoms with E-state index in [1.807, 2.05) is 33.8 Å². The minimum absolute atomic E-state index is 0.0133. The minimum Gasteiger partial charge on any atom is -0.350 e. The Morgan fingerprint density at radius 2 is 1.68 bits per heavy atom. The van der Waals surface area contributed by atoms with E-state index in [0.29, 0.717) is 16.9 Å². The lowest BCUT2D eigenvalue weighted by Gasteiger charge is -2.29. The second kappa shape index (κ2) is 9.96. The summed E-state index contributed by atoms with van der Waals surface area (Å²) in [5.41, 5.74) is 3.01. The number of hydrogen-bond donors (Lipinski definition) is 2. The molecule has 8 heteroatoms. The Balaban J connectivity index is 2.33. The molecule has 2 aromatic carbocycles. The van der Waals surface area contributed by atoms with Gasteiger partial charge in [0, 0.05) is 6.04 Å². The van der Waals surface area contributed by atoms with Crippen molar-refractivity contribution in [2.45, 2.75) is 53.1 Å². The largest absolute Gasteiger partial charge is 0.350 e. The fraction of sp³-hybridized carbons (Fsp3) is 0.391. The van der Waals surface area contributed by atoms with E-state index in [4.69, 9.17) is 0 Å². The molecule has 0 heterocycles. The van der Waals surface area contributed by atoms with Gasteiger partial charge in [0.25, 0.3) is 5.91 Å². The average molecular weight is 446 g/mol. The molecule has 0 aliphatic rings. The lowest BCUT2D eigenvalue weighted by Crippen LogP contribution is -2.45. The Hall–Kier alpha value is -2.87. The van der Waals surface area contributed by atoms with Gasteiger partial charge in [0.15, 0.2) is 0 Å². The van der Waals surface area contributed by atoms with Gasteiger partial charge in [0.1, 0.15) is 6.04 Å². The van der Waals surface area contributed by atoms with E-state index in [1.165, 1.54) is 6.92 Å². The average Bonchev–Trinajstić information content (AvgIpc) is 2.69. The van der Waals surface area contributed by atoms with Crippen LogP contribution in [0, 0.1) is 13.8 Å². The Labute approximate surface area is 184 Å². The molecule has 2 atom stereocenters. The lowest BCUT2D eigenvalue weighted by atomic mass is 10.1. The van der Waals surface area contributed by atoms with Crippen molar-refractivity contribution in [3.8, 4) is 0 Å². The molecule has 0 saturated heterocycles. The van der Waals surface area contributed by atoms with Gasteiger partial charge in [0.2, 0.25) is 15.9 Å². The summed E-state index contributed by atoms with van der Waals surface area (Å²) in [5, 5.41) is 5.60. The number of hydrogen-bond acceptors (Lipinski definition) is 4. The third kappa shape index (κ3) is 6.07. The van der Waals surface area contributed by atoms with Crippen molar-refractivity contribution < 1.29 is 18.0 Å². The highest BCUT2D eigenvalue weighted by molar-refractivity contribution is 7.92. The highest BCUT2D eigenvalue weighted by atomic mass is 32.2. The Kier molecular flexibility index (Phi) is 7.84. The SMILES string of the molecule is CC[C@@H](C)NC(=O)c1ccccc1NC(=O)[C@@H](C)N(c1ccc(C)c(C)c1)S(C)(=O)=O. The van der Waals surface area contributed by atoms with Crippen molar-refractivity contribution in [3.05, 3.63) is 59.2 Å². The number of rotatable bonds is 8. The van der Waals surface area contributed by atoms with Crippen LogP contribution in [0.1, 0.15) is 48.7 Å². The maximum atomic E-state index is 13.0. The molecule has 0 fully saturated rings. The van der Waals surface area contributed by atoms with Gasteiger partial charge in [-0.25, -0.2) is 8.42 Å². The third-order valence-electron chi connectivity index (χ3n) is 5.25. The molecule has 0 aliphatic carbocycles. The predicted octanol–water partition coefficient (Wildman–Crippen LogP) is 3.62. The van der Waals surface area contributed by atoms with E-state index < -0.39 is 22.0 Å². The van der Waals surface area contributed by atoms with Crippen molar-refractivity contribution in [1.29, 1.82) is 0 Å². The third-order valence-corrected chi connectivity index (χ3v) is 6.49. The number of para-hydroxylation sites is 1. The van der Waals surface area contributed by atoms with Crippen LogP contribution < -0.4 is 14.9 Å². The quantitative estimate of drug-likeness (QED) is 0.649. The van der Waals surface area contributed by atoms with Crippen molar-refractivity contribution >= 4 is 33.2 Å². The predicted molar refractivity (Wildman–Crippen MR) is 125 cm³/mol. The fourth-order valence-corrected chi connectivity index (χ4v) is 4.27. The van der Waals surface area contributed by atoms with E-state index in [9.17, 15) is 18.0 Å². The molecule has 0 unspecified atom stereocenters. The molecule has 2 aromatic rings. The monoisotopic (exact) mass is 445 g/mol. The molecule has 0 radical (unpaired) electrons. The van der Waals surface area contributed by atoms with Crippen molar-refractivity contribution in [3.63, 3.8) is 0 Å². The van der Waals surface area contributed by atoms with Gasteiger partial charge in [-0.15, -0.1) is 0 Å². The first-order valence-electron chi connectivity index (χ1n) is 10.2. The summed E-state index contributed by atoms with van der Waals surface area (Å²) in [6.45, 7) is 9.20. The van der Waals surface area contributed by atoms with Gasteiger partial charge >= 0.3 is 0 Å². The fourth-order valence-electron chi connectivity index (χ4n) is 3.10. The summed E-state index contributed by atoms with van der Waals surface area (Å²) >= 11 is 0. The number of anilines is 2. The molecular formula is C23H31N3O4S. The van der Waals surface area contributed by atoms with E-state index >= 15 is 0 Å². The van der Waals surface area contributed by atoms with Crippen LogP contribution in [0.15, 0.2) is 42.5 Å². The van der Waals surface area contributed by atoms with Crippen LogP contribution in [0.25, 0.3) is 0 Å². The topological polar surface area (TPSA) is 95.6 Å². The number of nitrogens with one attached hydrogen (secondary N) is 2. The highest BCUT2D eigenvalue weighted by Crippen LogP contribution is 2.25. The van der Waals surface area contributed by atoms with Gasteiger partial charge in [0.05, 0.1) is 23.2 Å². The molecule has 2 rings (SSSR count). The van der Waals surface area contributed by atoms with Crippen LogP contribution in [0.5, 0.6) is 0 Å². The summed E-state index contributed by atoms with van der Waals surface area (Å²) in [6, 6.07) is 10.9. The standard InChI is InChI=1S/C23H31N3O4S/c1-7-17(4)24-23(28)20-10-8-9-11-21(20)25-22(27)18(5)26(31(6,29)30)19-13-12-15(2)16(3)14-19/h8-14,17-18H,7H2,1-6H3,(H,24,28)(H,25,27)/t17-,18-/m1/s1. The molecule has 168 valence electrons. The normalized spacial score (nSPS) is 13.2. The van der Waals surface area contributed by atoms with Crippen LogP contribution >= 0.6 is 0 Å².